The van der Waals surface area contributed by atoms with E-state index < -0.39 is 0 Å². The fraction of sp³-hybridized carbons (Fsp3) is 0.579. The van der Waals surface area contributed by atoms with Gasteiger partial charge in [-0.05, 0) is 31.9 Å². The van der Waals surface area contributed by atoms with Gasteiger partial charge in [0, 0.05) is 37.5 Å². The second kappa shape index (κ2) is 7.10. The number of aromatic amines is 1. The Bertz CT molecular complexity index is 806. The van der Waals surface area contributed by atoms with Crippen molar-refractivity contribution in [3.05, 3.63) is 29.7 Å². The van der Waals surface area contributed by atoms with Crippen LogP contribution in [0.5, 0.6) is 0 Å². The fourth-order valence-corrected chi connectivity index (χ4v) is 4.25. The first kappa shape index (κ1) is 18.2. The van der Waals surface area contributed by atoms with Gasteiger partial charge in [0.05, 0.1) is 18.8 Å². The number of hydrogen-bond acceptors (Lipinski definition) is 6. The molecule has 2 aromatic rings. The van der Waals surface area contributed by atoms with Crippen LogP contribution in [0.4, 0.5) is 0 Å². The topological polar surface area (TPSA) is 118 Å². The van der Waals surface area contributed by atoms with E-state index in [-0.39, 0.29) is 23.5 Å². The molecule has 0 radical (unpaired) electrons. The molecule has 1 amide bonds. The van der Waals surface area contributed by atoms with E-state index in [2.05, 4.69) is 10.2 Å². The van der Waals surface area contributed by atoms with Gasteiger partial charge in [0.2, 0.25) is 0 Å². The highest BCUT2D eigenvalue weighted by Crippen LogP contribution is 2.51. The number of aliphatic hydroxyl groups is 1. The van der Waals surface area contributed by atoms with Crippen LogP contribution in [0.2, 0.25) is 0 Å². The number of nitrogens with two attached hydrogens (primary N) is 1. The van der Waals surface area contributed by atoms with Crippen LogP contribution in [-0.2, 0) is 4.74 Å². The second-order valence-electron chi connectivity index (χ2n) is 7.50. The molecule has 2 atom stereocenters. The smallest absolute Gasteiger partial charge is 0.274 e. The lowest BCUT2D eigenvalue weighted by atomic mass is 9.58. The first-order valence-corrected chi connectivity index (χ1v) is 9.45. The number of H-pyrrole nitrogens is 1. The van der Waals surface area contributed by atoms with Crippen LogP contribution in [0.3, 0.4) is 0 Å². The molecular weight excluding hydrogens is 348 g/mol. The number of aliphatic hydroxyl groups excluding tert-OH is 1. The van der Waals surface area contributed by atoms with E-state index in [0.29, 0.717) is 49.8 Å². The van der Waals surface area contributed by atoms with Crippen LogP contribution in [0.15, 0.2) is 22.6 Å². The van der Waals surface area contributed by atoms with Gasteiger partial charge in [0.1, 0.15) is 11.5 Å². The third kappa shape index (κ3) is 3.18. The van der Waals surface area contributed by atoms with Crippen molar-refractivity contribution in [3.63, 3.8) is 0 Å². The predicted octanol–water partition coefficient (Wildman–Crippen LogP) is 1.31. The molecule has 2 aliphatic rings. The monoisotopic (exact) mass is 374 g/mol. The molecule has 0 bridgehead atoms. The predicted molar refractivity (Wildman–Crippen MR) is 98.0 cm³/mol. The van der Waals surface area contributed by atoms with E-state index >= 15 is 0 Å². The van der Waals surface area contributed by atoms with Crippen molar-refractivity contribution in [2.75, 3.05) is 26.2 Å². The lowest BCUT2D eigenvalue weighted by Crippen LogP contribution is -2.63. The molecule has 0 unspecified atom stereocenters. The average molecular weight is 374 g/mol. The summed E-state index contributed by atoms with van der Waals surface area (Å²) in [6, 6.07) is 5.44. The molecule has 4 N–H and O–H groups in total. The molecule has 8 nitrogen and oxygen atoms in total. The Labute approximate surface area is 157 Å². The highest BCUT2D eigenvalue weighted by Gasteiger charge is 2.56. The maximum Gasteiger partial charge on any atom is 0.274 e. The van der Waals surface area contributed by atoms with Gasteiger partial charge in [-0.3, -0.25) is 9.89 Å². The maximum absolute atomic E-state index is 12.8. The zero-order valence-electron chi connectivity index (χ0n) is 15.5. The zero-order chi connectivity index (χ0) is 19.0. The number of likely N-dealkylation sites (tertiary alicyclic amines) is 1. The van der Waals surface area contributed by atoms with Crippen molar-refractivity contribution in [1.82, 2.24) is 15.1 Å². The molecular formula is C19H26N4O4. The van der Waals surface area contributed by atoms with Gasteiger partial charge in [-0.1, -0.05) is 0 Å². The van der Waals surface area contributed by atoms with Gasteiger partial charge in [0.25, 0.3) is 5.91 Å². The Morgan fingerprint density at radius 3 is 2.89 bits per heavy atom. The number of rotatable bonds is 5. The van der Waals surface area contributed by atoms with Crippen LogP contribution in [0.25, 0.3) is 11.5 Å². The number of carbonyl (C=O) groups excluding carboxylic acids is 1. The van der Waals surface area contributed by atoms with Crippen LogP contribution in [-0.4, -0.2) is 64.6 Å². The van der Waals surface area contributed by atoms with E-state index in [1.165, 1.54) is 0 Å². The van der Waals surface area contributed by atoms with Crippen molar-refractivity contribution in [3.8, 4) is 11.5 Å². The number of hydrogen-bond donors (Lipinski definition) is 3. The lowest BCUT2D eigenvalue weighted by molar-refractivity contribution is -0.208. The van der Waals surface area contributed by atoms with Gasteiger partial charge < -0.3 is 24.9 Å². The van der Waals surface area contributed by atoms with Gasteiger partial charge in [-0.2, -0.15) is 5.10 Å². The highest BCUT2D eigenvalue weighted by molar-refractivity contribution is 5.93. The Hall–Kier alpha value is -2.16. The molecule has 3 heterocycles. The van der Waals surface area contributed by atoms with E-state index in [9.17, 15) is 9.90 Å². The number of furan rings is 1. The summed E-state index contributed by atoms with van der Waals surface area (Å²) in [5.41, 5.74) is 6.34. The Morgan fingerprint density at radius 1 is 1.48 bits per heavy atom. The summed E-state index contributed by atoms with van der Waals surface area (Å²) < 4.78 is 11.4. The summed E-state index contributed by atoms with van der Waals surface area (Å²) >= 11 is 0. The standard InChI is InChI=1S/C19H26N4O4/c1-12-2-3-15(27-12)13-10-14(22-21-13)18(25)23-7-4-19(5-8-23)16(24)11-17(19)26-9-6-20/h2-3,10,16-17,24H,4-9,11,20H2,1H3,(H,21,22)/t16-,17+/m1/s1. The van der Waals surface area contributed by atoms with Crippen molar-refractivity contribution in [2.45, 2.75) is 38.4 Å². The number of ether oxygens (including phenoxy) is 1. The zero-order valence-corrected chi connectivity index (χ0v) is 15.5. The average Bonchev–Trinajstić information content (AvgIpc) is 3.33. The normalized spacial score (nSPS) is 24.2. The molecule has 4 rings (SSSR count). The molecule has 1 spiro atoms. The van der Waals surface area contributed by atoms with E-state index in [1.807, 2.05) is 19.1 Å². The molecule has 2 fully saturated rings. The molecule has 2 aromatic heterocycles. The number of carbonyl (C=O) groups is 1. The molecule has 0 aromatic carbocycles. The number of aromatic nitrogens is 2. The maximum atomic E-state index is 12.8. The minimum Gasteiger partial charge on any atom is -0.460 e. The van der Waals surface area contributed by atoms with Gasteiger partial charge in [-0.15, -0.1) is 0 Å². The molecule has 1 aliphatic carbocycles. The van der Waals surface area contributed by atoms with E-state index in [1.54, 1.807) is 11.0 Å². The van der Waals surface area contributed by atoms with Crippen LogP contribution >= 0.6 is 0 Å². The van der Waals surface area contributed by atoms with Gasteiger partial charge in [0.15, 0.2) is 11.5 Å². The van der Waals surface area contributed by atoms with Crippen molar-refractivity contribution in [2.24, 2.45) is 11.1 Å². The fourth-order valence-electron chi connectivity index (χ4n) is 4.25. The van der Waals surface area contributed by atoms with Gasteiger partial charge >= 0.3 is 0 Å². The number of amides is 1. The lowest BCUT2D eigenvalue weighted by Gasteiger charge is -2.56. The summed E-state index contributed by atoms with van der Waals surface area (Å²) in [6.07, 6.45) is 1.77. The van der Waals surface area contributed by atoms with E-state index in [0.717, 1.165) is 18.6 Å². The molecule has 27 heavy (non-hydrogen) atoms. The third-order valence-corrected chi connectivity index (χ3v) is 5.96. The first-order chi connectivity index (χ1) is 13.0. The van der Waals surface area contributed by atoms with Gasteiger partial charge in [-0.25, -0.2) is 0 Å². The molecule has 1 saturated heterocycles. The summed E-state index contributed by atoms with van der Waals surface area (Å²) in [5.74, 6) is 1.36. The molecule has 146 valence electrons. The molecule has 8 heteroatoms. The minimum absolute atomic E-state index is 0.0347. The highest BCUT2D eigenvalue weighted by atomic mass is 16.5. The number of nitrogens with zero attached hydrogens (tertiary/aromatic N) is 2. The van der Waals surface area contributed by atoms with Crippen molar-refractivity contribution < 1.29 is 19.1 Å². The van der Waals surface area contributed by atoms with Crippen molar-refractivity contribution >= 4 is 5.91 Å². The third-order valence-electron chi connectivity index (χ3n) is 5.96. The Morgan fingerprint density at radius 2 is 2.26 bits per heavy atom. The Balaban J connectivity index is 1.40. The molecule has 1 saturated carbocycles. The van der Waals surface area contributed by atoms with Crippen LogP contribution in [0, 0.1) is 12.3 Å². The molecule has 1 aliphatic heterocycles. The Kier molecular flexibility index (Phi) is 4.79. The van der Waals surface area contributed by atoms with Crippen LogP contribution in [0.1, 0.15) is 35.5 Å². The SMILES string of the molecule is Cc1ccc(-c2cc(C(=O)N3CCC4(CC3)[C@H](O)C[C@@H]4OCCN)n[nH]2)o1. The number of aryl methyl sites for hydroxylation is 1. The van der Waals surface area contributed by atoms with E-state index in [4.69, 9.17) is 14.9 Å². The number of piperidine rings is 1. The number of nitrogens with one attached hydrogen (secondary N) is 1. The largest absolute Gasteiger partial charge is 0.460 e. The van der Waals surface area contributed by atoms with Crippen molar-refractivity contribution in [1.29, 1.82) is 0 Å². The first-order valence-electron chi connectivity index (χ1n) is 9.45. The second-order valence-corrected chi connectivity index (χ2v) is 7.50. The quantitative estimate of drug-likeness (QED) is 0.726. The summed E-state index contributed by atoms with van der Waals surface area (Å²) in [5, 5.41) is 17.3. The summed E-state index contributed by atoms with van der Waals surface area (Å²) in [6.45, 7) is 4.02. The van der Waals surface area contributed by atoms with Crippen LogP contribution < -0.4 is 5.73 Å². The summed E-state index contributed by atoms with van der Waals surface area (Å²) in [7, 11) is 0. The minimum atomic E-state index is -0.364. The summed E-state index contributed by atoms with van der Waals surface area (Å²) in [4.78, 5) is 14.6.